The van der Waals surface area contributed by atoms with Crippen LogP contribution in [0.1, 0.15) is 26.2 Å². The minimum atomic E-state index is -0.958. The van der Waals surface area contributed by atoms with Crippen LogP contribution in [-0.4, -0.2) is 41.6 Å². The van der Waals surface area contributed by atoms with Crippen molar-refractivity contribution >= 4 is 17.9 Å². The second-order valence-corrected chi connectivity index (χ2v) is 4.16. The van der Waals surface area contributed by atoms with Crippen LogP contribution < -0.4 is 16.0 Å². The van der Waals surface area contributed by atoms with Crippen LogP contribution >= 0.6 is 0 Å². The van der Waals surface area contributed by atoms with E-state index in [1.165, 1.54) is 0 Å². The standard InChI is InChI=1S/C10H17N3O4/c1-6(4-9(15)16)12-10(17)11-5-7-2-3-8(14)13-7/h6-7H,2-5H2,1H3,(H,13,14)(H,15,16)(H2,11,12,17). The third-order valence-corrected chi connectivity index (χ3v) is 2.45. The molecule has 0 spiro atoms. The van der Waals surface area contributed by atoms with E-state index in [4.69, 9.17) is 5.11 Å². The van der Waals surface area contributed by atoms with E-state index in [1.807, 2.05) is 0 Å². The highest BCUT2D eigenvalue weighted by Gasteiger charge is 2.21. The molecule has 0 aromatic carbocycles. The summed E-state index contributed by atoms with van der Waals surface area (Å²) >= 11 is 0. The molecule has 2 atom stereocenters. The Hall–Kier alpha value is -1.79. The van der Waals surface area contributed by atoms with Gasteiger partial charge in [-0.1, -0.05) is 0 Å². The lowest BCUT2D eigenvalue weighted by molar-refractivity contribution is -0.137. The molecule has 0 aromatic heterocycles. The number of nitrogens with one attached hydrogen (secondary N) is 3. The van der Waals surface area contributed by atoms with Crippen LogP contribution in [0.5, 0.6) is 0 Å². The molecule has 1 fully saturated rings. The Labute approximate surface area is 98.9 Å². The summed E-state index contributed by atoms with van der Waals surface area (Å²) in [6.07, 6.45) is 1.08. The van der Waals surface area contributed by atoms with Crippen molar-refractivity contribution in [3.63, 3.8) is 0 Å². The summed E-state index contributed by atoms with van der Waals surface area (Å²) in [6, 6.07) is -0.867. The summed E-state index contributed by atoms with van der Waals surface area (Å²) in [6.45, 7) is 1.97. The maximum Gasteiger partial charge on any atom is 0.315 e. The number of carbonyl (C=O) groups excluding carboxylic acids is 2. The highest BCUT2D eigenvalue weighted by Crippen LogP contribution is 2.04. The van der Waals surface area contributed by atoms with Gasteiger partial charge >= 0.3 is 12.0 Å². The van der Waals surface area contributed by atoms with Gasteiger partial charge in [0.1, 0.15) is 0 Å². The van der Waals surface area contributed by atoms with E-state index < -0.39 is 18.0 Å². The van der Waals surface area contributed by atoms with Crippen molar-refractivity contribution in [1.29, 1.82) is 0 Å². The number of carbonyl (C=O) groups is 3. The number of carboxylic acids is 1. The van der Waals surface area contributed by atoms with Gasteiger partial charge in [-0.3, -0.25) is 9.59 Å². The van der Waals surface area contributed by atoms with Crippen molar-refractivity contribution in [1.82, 2.24) is 16.0 Å². The van der Waals surface area contributed by atoms with E-state index in [1.54, 1.807) is 6.92 Å². The molecule has 4 N–H and O–H groups in total. The number of urea groups is 1. The van der Waals surface area contributed by atoms with Crippen molar-refractivity contribution in [2.24, 2.45) is 0 Å². The highest BCUT2D eigenvalue weighted by molar-refractivity contribution is 5.79. The zero-order valence-electron chi connectivity index (χ0n) is 9.66. The van der Waals surface area contributed by atoms with Crippen molar-refractivity contribution in [3.8, 4) is 0 Å². The molecule has 96 valence electrons. The normalized spacial score (nSPS) is 20.5. The zero-order valence-corrected chi connectivity index (χ0v) is 9.66. The molecule has 1 aliphatic rings. The van der Waals surface area contributed by atoms with Crippen LogP contribution in [0.15, 0.2) is 0 Å². The van der Waals surface area contributed by atoms with Crippen LogP contribution in [0.3, 0.4) is 0 Å². The fourth-order valence-corrected chi connectivity index (χ4v) is 1.63. The topological polar surface area (TPSA) is 108 Å². The SMILES string of the molecule is CC(CC(=O)O)NC(=O)NCC1CCC(=O)N1. The van der Waals surface area contributed by atoms with Gasteiger partial charge in [0.05, 0.1) is 6.42 Å². The Bertz CT molecular complexity index is 319. The van der Waals surface area contributed by atoms with Gasteiger partial charge < -0.3 is 21.1 Å². The van der Waals surface area contributed by atoms with Gasteiger partial charge in [0.2, 0.25) is 5.91 Å². The minimum absolute atomic E-state index is 0.00328. The molecule has 1 heterocycles. The van der Waals surface area contributed by atoms with Gasteiger partial charge in [0, 0.05) is 25.0 Å². The zero-order chi connectivity index (χ0) is 12.8. The first-order chi connectivity index (χ1) is 7.97. The molecular weight excluding hydrogens is 226 g/mol. The predicted molar refractivity (Wildman–Crippen MR) is 59.4 cm³/mol. The molecule has 1 saturated heterocycles. The molecular formula is C10H17N3O4. The van der Waals surface area contributed by atoms with Crippen LogP contribution in [0.4, 0.5) is 4.79 Å². The van der Waals surface area contributed by atoms with E-state index >= 15 is 0 Å². The molecule has 0 aliphatic carbocycles. The monoisotopic (exact) mass is 243 g/mol. The number of rotatable bonds is 5. The molecule has 1 aliphatic heterocycles. The van der Waals surface area contributed by atoms with Crippen molar-refractivity contribution in [2.75, 3.05) is 6.54 Å². The van der Waals surface area contributed by atoms with E-state index in [-0.39, 0.29) is 18.4 Å². The third-order valence-electron chi connectivity index (χ3n) is 2.45. The van der Waals surface area contributed by atoms with Crippen LogP contribution in [0.25, 0.3) is 0 Å². The Morgan fingerprint density at radius 1 is 1.59 bits per heavy atom. The second-order valence-electron chi connectivity index (χ2n) is 4.16. The maximum absolute atomic E-state index is 11.3. The lowest BCUT2D eigenvalue weighted by atomic mass is 10.2. The summed E-state index contributed by atoms with van der Waals surface area (Å²) in [5.41, 5.74) is 0. The van der Waals surface area contributed by atoms with Crippen LogP contribution in [-0.2, 0) is 9.59 Å². The van der Waals surface area contributed by atoms with Gasteiger partial charge in [0.25, 0.3) is 0 Å². The van der Waals surface area contributed by atoms with Gasteiger partial charge in [0.15, 0.2) is 0 Å². The molecule has 7 nitrogen and oxygen atoms in total. The molecule has 1 rings (SSSR count). The van der Waals surface area contributed by atoms with E-state index in [0.29, 0.717) is 19.4 Å². The lowest BCUT2D eigenvalue weighted by Crippen LogP contribution is -2.46. The van der Waals surface area contributed by atoms with Crippen LogP contribution in [0, 0.1) is 0 Å². The average Bonchev–Trinajstić information content (AvgIpc) is 2.59. The Balaban J connectivity index is 2.16. The van der Waals surface area contributed by atoms with Gasteiger partial charge in [-0.25, -0.2) is 4.79 Å². The van der Waals surface area contributed by atoms with E-state index in [0.717, 1.165) is 0 Å². The van der Waals surface area contributed by atoms with Crippen molar-refractivity contribution in [3.05, 3.63) is 0 Å². The Kier molecular flexibility index (Phi) is 4.74. The predicted octanol–water partition coefficient (Wildman–Crippen LogP) is -0.573. The molecule has 3 amide bonds. The maximum atomic E-state index is 11.3. The number of hydrogen-bond acceptors (Lipinski definition) is 3. The lowest BCUT2D eigenvalue weighted by Gasteiger charge is -2.15. The molecule has 17 heavy (non-hydrogen) atoms. The Morgan fingerprint density at radius 3 is 2.82 bits per heavy atom. The van der Waals surface area contributed by atoms with Crippen LogP contribution in [0.2, 0.25) is 0 Å². The third kappa shape index (κ3) is 5.19. The number of aliphatic carboxylic acids is 1. The fourth-order valence-electron chi connectivity index (χ4n) is 1.63. The molecule has 2 unspecified atom stereocenters. The Morgan fingerprint density at radius 2 is 2.29 bits per heavy atom. The summed E-state index contributed by atoms with van der Waals surface area (Å²) < 4.78 is 0. The van der Waals surface area contributed by atoms with Crippen molar-refractivity contribution in [2.45, 2.75) is 38.3 Å². The van der Waals surface area contributed by atoms with Crippen molar-refractivity contribution < 1.29 is 19.5 Å². The van der Waals surface area contributed by atoms with E-state index in [2.05, 4.69) is 16.0 Å². The molecule has 0 bridgehead atoms. The highest BCUT2D eigenvalue weighted by atomic mass is 16.4. The average molecular weight is 243 g/mol. The minimum Gasteiger partial charge on any atom is -0.481 e. The number of hydrogen-bond donors (Lipinski definition) is 4. The van der Waals surface area contributed by atoms with E-state index in [9.17, 15) is 14.4 Å². The first kappa shape index (κ1) is 13.3. The van der Waals surface area contributed by atoms with Gasteiger partial charge in [-0.15, -0.1) is 0 Å². The molecule has 7 heteroatoms. The second kappa shape index (κ2) is 6.07. The summed E-state index contributed by atoms with van der Waals surface area (Å²) in [7, 11) is 0. The summed E-state index contributed by atoms with van der Waals surface area (Å²) in [5.74, 6) is -0.961. The fraction of sp³-hybridized carbons (Fsp3) is 0.700. The smallest absolute Gasteiger partial charge is 0.315 e. The molecule has 0 aromatic rings. The first-order valence-electron chi connectivity index (χ1n) is 5.53. The first-order valence-corrected chi connectivity index (χ1v) is 5.53. The largest absolute Gasteiger partial charge is 0.481 e. The number of carboxylic acid groups (broad SMARTS) is 1. The quantitative estimate of drug-likeness (QED) is 0.518. The number of amides is 3. The van der Waals surface area contributed by atoms with Gasteiger partial charge in [-0.2, -0.15) is 0 Å². The summed E-state index contributed by atoms with van der Waals surface area (Å²) in [5, 5.41) is 16.3. The summed E-state index contributed by atoms with van der Waals surface area (Å²) in [4.78, 5) is 32.6. The molecule has 0 radical (unpaired) electrons. The molecule has 0 saturated carbocycles. The van der Waals surface area contributed by atoms with Gasteiger partial charge in [-0.05, 0) is 13.3 Å².